The largest absolute Gasteiger partial charge is 0.310 e. The summed E-state index contributed by atoms with van der Waals surface area (Å²) in [6.07, 6.45) is 0. The second kappa shape index (κ2) is 13.4. The summed E-state index contributed by atoms with van der Waals surface area (Å²) in [5.74, 6) is 0. The third-order valence-electron chi connectivity index (χ3n) is 10.3. The Bertz CT molecular complexity index is 3180. The summed E-state index contributed by atoms with van der Waals surface area (Å²) in [6, 6.07) is 63.6. The van der Waals surface area contributed by atoms with Crippen LogP contribution < -0.4 is 4.90 Å². The third-order valence-corrected chi connectivity index (χ3v) is 10.3. The molecule has 0 amide bonds. The van der Waals surface area contributed by atoms with E-state index in [1.165, 1.54) is 21.5 Å². The van der Waals surface area contributed by atoms with Gasteiger partial charge in [-0.2, -0.15) is 0 Å². The van der Waals surface area contributed by atoms with Crippen LogP contribution in [-0.4, -0.2) is 4.57 Å². The van der Waals surface area contributed by atoms with E-state index >= 15 is 0 Å². The van der Waals surface area contributed by atoms with E-state index in [0.717, 1.165) is 56.0 Å². The van der Waals surface area contributed by atoms with Crippen molar-refractivity contribution in [2.24, 2.45) is 0 Å². The fraction of sp³-hybridized carbons (Fsp3) is 0. The summed E-state index contributed by atoms with van der Waals surface area (Å²) >= 11 is 0. The highest BCUT2D eigenvalue weighted by atomic mass is 15.1. The lowest BCUT2D eigenvalue weighted by atomic mass is 9.97. The average Bonchev–Trinajstić information content (AvgIpc) is 3.63. The van der Waals surface area contributed by atoms with Crippen molar-refractivity contribution in [1.29, 1.82) is 0 Å². The number of nitrogens with zero attached hydrogens (tertiary/aromatic N) is 2. The highest BCUT2D eigenvalue weighted by Gasteiger charge is 2.18. The van der Waals surface area contributed by atoms with E-state index in [2.05, 4.69) is 167 Å². The van der Waals surface area contributed by atoms with Gasteiger partial charge in [-0.15, -0.1) is 0 Å². The second-order valence-electron chi connectivity index (χ2n) is 13.4. The van der Waals surface area contributed by atoms with Crippen molar-refractivity contribution in [2.75, 3.05) is 4.90 Å². The van der Waals surface area contributed by atoms with Gasteiger partial charge in [0.25, 0.3) is 0 Å². The molecule has 0 aliphatic carbocycles. The Hall–Kier alpha value is -7.16. The molecule has 0 unspecified atom stereocenters. The lowest BCUT2D eigenvalue weighted by Gasteiger charge is -2.26. The topological polar surface area (TPSA) is 8.17 Å². The molecular formula is C52H36N2. The Kier molecular flexibility index (Phi) is 6.61. The van der Waals surface area contributed by atoms with Gasteiger partial charge in [0.1, 0.15) is 0 Å². The highest BCUT2D eigenvalue weighted by molar-refractivity contribution is 6.16. The minimum atomic E-state index is -0.404. The SMILES string of the molecule is [2H]c1c([2H])c([2H])c(-c2ccc(N(c3ccc(-c4cccc5ccccc45)cc3)c3cccc(-c4cccc5c4c4ccccc4n5-c4ccccc4)c3)cc2)c([2H])c1[2H]. The molecule has 9 aromatic carbocycles. The zero-order chi connectivity index (χ0) is 40.2. The number of hydrogen-bond acceptors (Lipinski definition) is 1. The van der Waals surface area contributed by atoms with E-state index in [4.69, 9.17) is 6.85 Å². The fourth-order valence-corrected chi connectivity index (χ4v) is 7.81. The first-order valence-corrected chi connectivity index (χ1v) is 18.1. The first kappa shape index (κ1) is 26.6. The van der Waals surface area contributed by atoms with E-state index < -0.39 is 6.04 Å². The first-order valence-electron chi connectivity index (χ1n) is 20.6. The molecule has 2 nitrogen and oxygen atoms in total. The molecular weight excluding hydrogens is 653 g/mol. The molecule has 254 valence electrons. The Morgan fingerprint density at radius 3 is 1.80 bits per heavy atom. The predicted octanol–water partition coefficient (Wildman–Crippen LogP) is 14.4. The Morgan fingerprint density at radius 2 is 1.00 bits per heavy atom. The van der Waals surface area contributed by atoms with Crippen molar-refractivity contribution in [1.82, 2.24) is 4.57 Å². The lowest BCUT2D eigenvalue weighted by Crippen LogP contribution is -2.10. The molecule has 0 saturated carbocycles. The van der Waals surface area contributed by atoms with Crippen molar-refractivity contribution in [3.63, 3.8) is 0 Å². The van der Waals surface area contributed by atoms with Crippen LogP contribution in [0.15, 0.2) is 218 Å². The summed E-state index contributed by atoms with van der Waals surface area (Å²) in [4.78, 5) is 2.20. The first-order chi connectivity index (χ1) is 28.9. The summed E-state index contributed by atoms with van der Waals surface area (Å²) in [5, 5.41) is 4.74. The van der Waals surface area contributed by atoms with Gasteiger partial charge in [-0.05, 0) is 105 Å². The number of benzene rings is 9. The number of para-hydroxylation sites is 2. The quantitative estimate of drug-likeness (QED) is 0.161. The van der Waals surface area contributed by atoms with Crippen molar-refractivity contribution in [2.45, 2.75) is 0 Å². The molecule has 10 aromatic rings. The standard InChI is InChI=1S/C52H36N2/c1-3-14-37(15-4-1)38-28-32-43(33-29-38)53(44-34-30-40(31-35-44)47-24-12-17-39-16-7-8-22-46(39)47)45-21-11-18-41(36-45)48-25-13-27-51-52(48)49-23-9-10-26-50(49)54(51)42-19-5-2-6-20-42/h1-36H/i1D,3D,4D,14D,15D. The summed E-state index contributed by atoms with van der Waals surface area (Å²) in [7, 11) is 0. The van der Waals surface area contributed by atoms with Gasteiger partial charge in [-0.25, -0.2) is 0 Å². The number of aromatic nitrogens is 1. The van der Waals surface area contributed by atoms with Gasteiger partial charge in [-0.1, -0.05) is 158 Å². The number of hydrogen-bond donors (Lipinski definition) is 0. The molecule has 2 heteroatoms. The normalized spacial score (nSPS) is 12.6. The Labute approximate surface area is 322 Å². The molecule has 0 bridgehead atoms. The van der Waals surface area contributed by atoms with E-state index in [9.17, 15) is 0 Å². The van der Waals surface area contributed by atoms with Crippen molar-refractivity contribution in [3.8, 4) is 39.1 Å². The Balaban J connectivity index is 1.13. The van der Waals surface area contributed by atoms with Gasteiger partial charge in [-0.3, -0.25) is 0 Å². The molecule has 0 N–H and O–H groups in total. The van der Waals surface area contributed by atoms with Crippen LogP contribution in [-0.2, 0) is 0 Å². The van der Waals surface area contributed by atoms with Crippen LogP contribution >= 0.6 is 0 Å². The minimum absolute atomic E-state index is 0.179. The molecule has 0 fully saturated rings. The van der Waals surface area contributed by atoms with Gasteiger partial charge >= 0.3 is 0 Å². The molecule has 0 saturated heterocycles. The van der Waals surface area contributed by atoms with E-state index in [1.807, 2.05) is 30.3 Å². The number of anilines is 3. The van der Waals surface area contributed by atoms with Crippen LogP contribution in [0.5, 0.6) is 0 Å². The van der Waals surface area contributed by atoms with E-state index in [-0.39, 0.29) is 29.7 Å². The number of rotatable bonds is 7. The van der Waals surface area contributed by atoms with Gasteiger partial charge in [0, 0.05) is 33.5 Å². The molecule has 1 heterocycles. The van der Waals surface area contributed by atoms with Crippen LogP contribution in [0.4, 0.5) is 17.1 Å². The molecule has 0 radical (unpaired) electrons. The second-order valence-corrected chi connectivity index (χ2v) is 13.4. The molecule has 10 rings (SSSR count). The molecule has 0 aliphatic rings. The van der Waals surface area contributed by atoms with Gasteiger partial charge in [0.15, 0.2) is 0 Å². The lowest BCUT2D eigenvalue weighted by molar-refractivity contribution is 1.18. The molecule has 0 spiro atoms. The van der Waals surface area contributed by atoms with Crippen LogP contribution in [0.2, 0.25) is 0 Å². The minimum Gasteiger partial charge on any atom is -0.310 e. The van der Waals surface area contributed by atoms with Crippen LogP contribution in [0.3, 0.4) is 0 Å². The maximum atomic E-state index is 8.60. The fourth-order valence-electron chi connectivity index (χ4n) is 7.81. The monoisotopic (exact) mass is 693 g/mol. The zero-order valence-corrected chi connectivity index (χ0v) is 29.3. The summed E-state index contributed by atoms with van der Waals surface area (Å²) < 4.78 is 44.1. The number of fused-ring (bicyclic) bond motifs is 4. The maximum absolute atomic E-state index is 8.60. The zero-order valence-electron chi connectivity index (χ0n) is 34.3. The average molecular weight is 694 g/mol. The summed E-state index contributed by atoms with van der Waals surface area (Å²) in [6.45, 7) is 0. The molecule has 0 aliphatic heterocycles. The molecule has 0 atom stereocenters. The van der Waals surface area contributed by atoms with Crippen LogP contribution in [0.1, 0.15) is 6.85 Å². The Morgan fingerprint density at radius 1 is 0.389 bits per heavy atom. The van der Waals surface area contributed by atoms with Crippen molar-refractivity contribution in [3.05, 3.63) is 218 Å². The van der Waals surface area contributed by atoms with Crippen LogP contribution in [0, 0.1) is 0 Å². The van der Waals surface area contributed by atoms with Crippen LogP contribution in [0.25, 0.3) is 71.6 Å². The van der Waals surface area contributed by atoms with Crippen molar-refractivity contribution < 1.29 is 6.85 Å². The molecule has 1 aromatic heterocycles. The van der Waals surface area contributed by atoms with Gasteiger partial charge < -0.3 is 9.47 Å². The highest BCUT2D eigenvalue weighted by Crippen LogP contribution is 2.42. The van der Waals surface area contributed by atoms with Gasteiger partial charge in [0.2, 0.25) is 0 Å². The maximum Gasteiger partial charge on any atom is 0.0629 e. The van der Waals surface area contributed by atoms with E-state index in [1.54, 1.807) is 0 Å². The summed E-state index contributed by atoms with van der Waals surface area (Å²) in [5.41, 5.74) is 11.3. The smallest absolute Gasteiger partial charge is 0.0629 e. The van der Waals surface area contributed by atoms with Crippen molar-refractivity contribution >= 4 is 49.6 Å². The third kappa shape index (κ3) is 5.53. The molecule has 54 heavy (non-hydrogen) atoms. The predicted molar refractivity (Wildman–Crippen MR) is 229 cm³/mol. The van der Waals surface area contributed by atoms with E-state index in [0.29, 0.717) is 5.56 Å². The van der Waals surface area contributed by atoms with Gasteiger partial charge in [0.05, 0.1) is 17.9 Å².